The Balaban J connectivity index is 2.21. The van der Waals surface area contributed by atoms with Crippen LogP contribution in [0.1, 0.15) is 12.8 Å². The first-order chi connectivity index (χ1) is 7.47. The molecule has 0 radical (unpaired) electrons. The minimum absolute atomic E-state index is 0.00889. The molecule has 0 spiro atoms. The molecule has 5 nitrogen and oxygen atoms in total. The van der Waals surface area contributed by atoms with Crippen LogP contribution in [0.5, 0.6) is 5.88 Å². The molecule has 6 heteroatoms. The van der Waals surface area contributed by atoms with Crippen molar-refractivity contribution in [1.29, 1.82) is 0 Å². The lowest BCUT2D eigenvalue weighted by molar-refractivity contribution is 0.0924. The molecule has 88 valence electrons. The van der Waals surface area contributed by atoms with Gasteiger partial charge in [-0.3, -0.25) is 0 Å². The first-order valence-corrected chi connectivity index (χ1v) is 6.93. The third kappa shape index (κ3) is 2.33. The van der Waals surface area contributed by atoms with Gasteiger partial charge < -0.3 is 10.5 Å². The summed E-state index contributed by atoms with van der Waals surface area (Å²) in [5, 5.41) is 0. The number of hydrogen-bond donors (Lipinski definition) is 1. The van der Waals surface area contributed by atoms with Gasteiger partial charge in [0.05, 0.1) is 0 Å². The van der Waals surface area contributed by atoms with Crippen molar-refractivity contribution in [2.45, 2.75) is 29.9 Å². The van der Waals surface area contributed by atoms with Crippen molar-refractivity contribution in [1.82, 2.24) is 4.98 Å². The number of sulfone groups is 1. The van der Waals surface area contributed by atoms with Crippen molar-refractivity contribution < 1.29 is 13.2 Å². The third-order valence-electron chi connectivity index (χ3n) is 2.55. The summed E-state index contributed by atoms with van der Waals surface area (Å²) < 4.78 is 28.4. The maximum absolute atomic E-state index is 11.5. The number of nitrogens with two attached hydrogens (primary N) is 1. The molecule has 1 heterocycles. The molecule has 1 fully saturated rings. The smallest absolute Gasteiger partial charge is 0.232 e. The predicted molar refractivity (Wildman–Crippen MR) is 59.0 cm³/mol. The van der Waals surface area contributed by atoms with E-state index < -0.39 is 9.84 Å². The van der Waals surface area contributed by atoms with E-state index in [0.29, 0.717) is 0 Å². The number of nitrogens with zero attached hydrogens (tertiary/aromatic N) is 1. The van der Waals surface area contributed by atoms with E-state index in [1.807, 2.05) is 0 Å². The maximum Gasteiger partial charge on any atom is 0.232 e. The summed E-state index contributed by atoms with van der Waals surface area (Å²) in [5.74, 6) is 0.182. The van der Waals surface area contributed by atoms with Crippen LogP contribution in [-0.4, -0.2) is 31.8 Å². The fraction of sp³-hybridized carbons (Fsp3) is 0.500. The van der Waals surface area contributed by atoms with Crippen LogP contribution in [0, 0.1) is 0 Å². The summed E-state index contributed by atoms with van der Waals surface area (Å²) in [6.45, 7) is 0. The summed E-state index contributed by atoms with van der Waals surface area (Å²) in [7, 11) is -3.30. The Labute approximate surface area is 94.5 Å². The molecule has 0 atom stereocenters. The van der Waals surface area contributed by atoms with Gasteiger partial charge in [-0.1, -0.05) is 0 Å². The topological polar surface area (TPSA) is 82.3 Å². The molecule has 0 saturated heterocycles. The van der Waals surface area contributed by atoms with Gasteiger partial charge in [0.1, 0.15) is 11.0 Å². The number of pyridine rings is 1. The van der Waals surface area contributed by atoms with Crippen molar-refractivity contribution in [3.8, 4) is 5.88 Å². The van der Waals surface area contributed by atoms with Gasteiger partial charge in [0, 0.05) is 18.5 Å². The maximum atomic E-state index is 11.5. The zero-order valence-corrected chi connectivity index (χ0v) is 9.78. The second kappa shape index (κ2) is 4.03. The van der Waals surface area contributed by atoms with Gasteiger partial charge in [0.25, 0.3) is 0 Å². The summed E-state index contributed by atoms with van der Waals surface area (Å²) in [6.07, 6.45) is 4.15. The largest absolute Gasteiger partial charge is 0.473 e. The lowest BCUT2D eigenvalue weighted by atomic mass is 9.90. The molecule has 2 rings (SSSR count). The van der Waals surface area contributed by atoms with Crippen molar-refractivity contribution in [2.24, 2.45) is 5.73 Å². The molecule has 0 aliphatic heterocycles. The Morgan fingerprint density at radius 1 is 1.50 bits per heavy atom. The average Bonchev–Trinajstić information content (AvgIpc) is 2.14. The monoisotopic (exact) mass is 242 g/mol. The molecule has 0 amide bonds. The van der Waals surface area contributed by atoms with Crippen molar-refractivity contribution in [2.75, 3.05) is 6.26 Å². The highest BCUT2D eigenvalue weighted by molar-refractivity contribution is 7.90. The van der Waals surface area contributed by atoms with E-state index in [2.05, 4.69) is 4.98 Å². The van der Waals surface area contributed by atoms with Gasteiger partial charge in [-0.2, -0.15) is 0 Å². The highest BCUT2D eigenvalue weighted by atomic mass is 32.2. The quantitative estimate of drug-likeness (QED) is 0.827. The van der Waals surface area contributed by atoms with Crippen LogP contribution < -0.4 is 10.5 Å². The molecule has 0 bridgehead atoms. The first-order valence-electron chi connectivity index (χ1n) is 5.04. The molecular formula is C10H14N2O3S. The Hall–Kier alpha value is -1.14. The van der Waals surface area contributed by atoms with Gasteiger partial charge in [0.15, 0.2) is 9.84 Å². The van der Waals surface area contributed by atoms with Crippen LogP contribution in [0.25, 0.3) is 0 Å². The summed E-state index contributed by atoms with van der Waals surface area (Å²) in [4.78, 5) is 4.08. The second-order valence-electron chi connectivity index (χ2n) is 4.05. The van der Waals surface area contributed by atoms with Crippen LogP contribution in [-0.2, 0) is 9.84 Å². The Morgan fingerprint density at radius 2 is 2.19 bits per heavy atom. The molecule has 0 aromatic carbocycles. The number of aromatic nitrogens is 1. The van der Waals surface area contributed by atoms with E-state index >= 15 is 0 Å². The molecule has 0 unspecified atom stereocenters. The van der Waals surface area contributed by atoms with Crippen LogP contribution in [0.15, 0.2) is 23.2 Å². The number of rotatable bonds is 3. The van der Waals surface area contributed by atoms with Gasteiger partial charge in [-0.05, 0) is 25.0 Å². The van der Waals surface area contributed by atoms with Crippen molar-refractivity contribution >= 4 is 9.84 Å². The lowest BCUT2D eigenvalue weighted by Crippen LogP contribution is -2.43. The fourth-order valence-electron chi connectivity index (χ4n) is 1.61. The Morgan fingerprint density at radius 3 is 2.75 bits per heavy atom. The highest BCUT2D eigenvalue weighted by Gasteiger charge is 2.29. The zero-order valence-electron chi connectivity index (χ0n) is 8.96. The van der Waals surface area contributed by atoms with E-state index in [1.165, 1.54) is 12.3 Å². The van der Waals surface area contributed by atoms with Crippen LogP contribution in [0.4, 0.5) is 0 Å². The zero-order chi connectivity index (χ0) is 11.8. The molecule has 1 aliphatic carbocycles. The number of ether oxygens (including phenoxy) is 1. The minimum Gasteiger partial charge on any atom is -0.473 e. The Bertz CT molecular complexity index is 481. The predicted octanol–water partition coefficient (Wildman–Crippen LogP) is 0.354. The van der Waals surface area contributed by atoms with E-state index in [0.717, 1.165) is 19.1 Å². The second-order valence-corrected chi connectivity index (χ2v) is 6.03. The summed E-state index contributed by atoms with van der Waals surface area (Å²) in [5.41, 5.74) is 5.63. The van der Waals surface area contributed by atoms with Gasteiger partial charge in [-0.25, -0.2) is 13.4 Å². The molecule has 1 aromatic rings. The summed E-state index contributed by atoms with van der Waals surface area (Å²) >= 11 is 0. The molecule has 1 aliphatic rings. The van der Waals surface area contributed by atoms with Crippen LogP contribution in [0.2, 0.25) is 0 Å². The van der Waals surface area contributed by atoms with Crippen molar-refractivity contribution in [3.05, 3.63) is 18.3 Å². The average molecular weight is 242 g/mol. The molecule has 2 N–H and O–H groups in total. The van der Waals surface area contributed by atoms with E-state index in [-0.39, 0.29) is 22.9 Å². The van der Waals surface area contributed by atoms with E-state index in [9.17, 15) is 8.42 Å². The lowest BCUT2D eigenvalue weighted by Gasteiger charge is -2.32. The Kier molecular flexibility index (Phi) is 2.86. The van der Waals surface area contributed by atoms with Crippen LogP contribution in [0.3, 0.4) is 0 Å². The molecule has 1 saturated carbocycles. The molecule has 1 aromatic heterocycles. The number of hydrogen-bond acceptors (Lipinski definition) is 5. The molecule has 16 heavy (non-hydrogen) atoms. The van der Waals surface area contributed by atoms with Gasteiger partial charge >= 0.3 is 0 Å². The standard InChI is InChI=1S/C10H14N2O3S/c1-16(13,14)9-3-2-4-12-10(9)15-8-5-7(11)6-8/h2-4,7-8H,5-6,11H2,1H3. The van der Waals surface area contributed by atoms with E-state index in [4.69, 9.17) is 10.5 Å². The summed E-state index contributed by atoms with van der Waals surface area (Å²) in [6, 6.07) is 3.24. The first kappa shape index (κ1) is 11.3. The highest BCUT2D eigenvalue weighted by Crippen LogP contribution is 2.27. The fourth-order valence-corrected chi connectivity index (χ4v) is 2.35. The van der Waals surface area contributed by atoms with Gasteiger partial charge in [0.2, 0.25) is 5.88 Å². The third-order valence-corrected chi connectivity index (χ3v) is 3.65. The van der Waals surface area contributed by atoms with E-state index in [1.54, 1.807) is 6.07 Å². The normalized spacial score (nSPS) is 24.9. The van der Waals surface area contributed by atoms with Gasteiger partial charge in [-0.15, -0.1) is 0 Å². The minimum atomic E-state index is -3.30. The van der Waals surface area contributed by atoms with Crippen LogP contribution >= 0.6 is 0 Å². The molecular weight excluding hydrogens is 228 g/mol. The van der Waals surface area contributed by atoms with Crippen molar-refractivity contribution in [3.63, 3.8) is 0 Å². The SMILES string of the molecule is CS(=O)(=O)c1cccnc1OC1CC(N)C1.